The molecule has 1 amide bonds. The van der Waals surface area contributed by atoms with E-state index in [4.69, 9.17) is 4.74 Å². The van der Waals surface area contributed by atoms with Crippen molar-refractivity contribution in [2.45, 2.75) is 19.8 Å². The average molecular weight is 363 g/mol. The highest BCUT2D eigenvalue weighted by atomic mass is 19.2. The van der Waals surface area contributed by atoms with Crippen LogP contribution in [0.5, 0.6) is 5.75 Å². The molecule has 138 valence electrons. The first-order chi connectivity index (χ1) is 11.8. The van der Waals surface area contributed by atoms with E-state index in [0.717, 1.165) is 0 Å². The van der Waals surface area contributed by atoms with Gasteiger partial charge in [-0.25, -0.2) is 8.78 Å². The number of halogens is 4. The van der Waals surface area contributed by atoms with E-state index in [-0.39, 0.29) is 37.6 Å². The van der Waals surface area contributed by atoms with Gasteiger partial charge in [0.1, 0.15) is 0 Å². The van der Waals surface area contributed by atoms with Crippen LogP contribution < -0.4 is 4.74 Å². The molecule has 1 heterocycles. The third-order valence-corrected chi connectivity index (χ3v) is 3.88. The fourth-order valence-electron chi connectivity index (χ4n) is 2.53. The highest BCUT2D eigenvalue weighted by Gasteiger charge is 2.29. The molecule has 0 atom stereocenters. The minimum Gasteiger partial charge on any atom is -0.477 e. The zero-order valence-electron chi connectivity index (χ0n) is 13.5. The normalized spacial score (nSPS) is 15.2. The molecule has 1 aromatic rings. The van der Waals surface area contributed by atoms with Crippen molar-refractivity contribution >= 4 is 11.9 Å². The molecule has 0 saturated carbocycles. The Morgan fingerprint density at radius 1 is 1.12 bits per heavy atom. The molecule has 0 aromatic heterocycles. The average Bonchev–Trinajstić information content (AvgIpc) is 2.60. The van der Waals surface area contributed by atoms with Gasteiger partial charge in [0.05, 0.1) is 12.5 Å². The first kappa shape index (κ1) is 19.0. The highest BCUT2D eigenvalue weighted by Crippen LogP contribution is 2.26. The molecule has 0 bridgehead atoms. The summed E-state index contributed by atoms with van der Waals surface area (Å²) >= 11 is 0. The number of carbonyl (C=O) groups is 2. The molecule has 1 aliphatic rings. The number of nitrogens with zero attached hydrogens (tertiary/aromatic N) is 1. The van der Waals surface area contributed by atoms with Gasteiger partial charge in [-0.2, -0.15) is 8.78 Å². The molecule has 0 spiro atoms. The number of rotatable bonds is 5. The van der Waals surface area contributed by atoms with E-state index in [2.05, 4.69) is 4.74 Å². The van der Waals surface area contributed by atoms with Gasteiger partial charge in [-0.05, 0) is 19.8 Å². The molecule has 2 rings (SSSR count). The lowest BCUT2D eigenvalue weighted by molar-refractivity contribution is -0.151. The van der Waals surface area contributed by atoms with Crippen LogP contribution in [0.25, 0.3) is 0 Å². The van der Waals surface area contributed by atoms with Gasteiger partial charge in [-0.3, -0.25) is 9.59 Å². The maximum atomic E-state index is 13.5. The van der Waals surface area contributed by atoms with Crippen LogP contribution in [0, 0.1) is 29.2 Å². The Morgan fingerprint density at radius 2 is 1.68 bits per heavy atom. The fraction of sp³-hybridized carbons (Fsp3) is 0.500. The lowest BCUT2D eigenvalue weighted by atomic mass is 9.97. The summed E-state index contributed by atoms with van der Waals surface area (Å²) < 4.78 is 62.6. The molecular weight excluding hydrogens is 346 g/mol. The summed E-state index contributed by atoms with van der Waals surface area (Å²) in [5.41, 5.74) is 0. The Kier molecular flexibility index (Phi) is 6.22. The second-order valence-corrected chi connectivity index (χ2v) is 5.49. The molecular formula is C16H17F4NO4. The number of likely N-dealkylation sites (tertiary alicyclic amines) is 1. The monoisotopic (exact) mass is 363 g/mol. The number of hydrogen-bond donors (Lipinski definition) is 0. The van der Waals surface area contributed by atoms with E-state index >= 15 is 0 Å². The number of piperidine rings is 1. The highest BCUT2D eigenvalue weighted by molar-refractivity contribution is 5.78. The van der Waals surface area contributed by atoms with E-state index in [9.17, 15) is 27.2 Å². The SMILES string of the molecule is CCOC(=O)C1CCN(C(=O)COc2c(F)c(F)cc(F)c2F)CC1. The Balaban J connectivity index is 1.91. The van der Waals surface area contributed by atoms with E-state index < -0.39 is 41.5 Å². The number of ether oxygens (including phenoxy) is 2. The lowest BCUT2D eigenvalue weighted by Gasteiger charge is -2.30. The molecule has 1 aliphatic heterocycles. The number of amides is 1. The van der Waals surface area contributed by atoms with Gasteiger partial charge in [0.25, 0.3) is 5.91 Å². The largest absolute Gasteiger partial charge is 0.477 e. The smallest absolute Gasteiger partial charge is 0.309 e. The first-order valence-electron chi connectivity index (χ1n) is 7.75. The Bertz CT molecular complexity index is 634. The zero-order valence-corrected chi connectivity index (χ0v) is 13.5. The van der Waals surface area contributed by atoms with Crippen molar-refractivity contribution in [1.82, 2.24) is 4.90 Å². The second-order valence-electron chi connectivity index (χ2n) is 5.49. The van der Waals surface area contributed by atoms with Crippen molar-refractivity contribution < 1.29 is 36.6 Å². The molecule has 0 unspecified atom stereocenters. The van der Waals surface area contributed by atoms with E-state index in [1.165, 1.54) is 4.90 Å². The Labute approximate surface area is 141 Å². The minimum atomic E-state index is -1.70. The number of benzene rings is 1. The molecule has 0 aliphatic carbocycles. The maximum absolute atomic E-state index is 13.5. The van der Waals surface area contributed by atoms with Crippen LogP contribution in [0.4, 0.5) is 17.6 Å². The lowest BCUT2D eigenvalue weighted by Crippen LogP contribution is -2.42. The molecule has 5 nitrogen and oxygen atoms in total. The summed E-state index contributed by atoms with van der Waals surface area (Å²) in [6.07, 6.45) is 0.782. The topological polar surface area (TPSA) is 55.8 Å². The predicted octanol–water partition coefficient (Wildman–Crippen LogP) is 2.42. The van der Waals surface area contributed by atoms with Crippen LogP contribution in [0.15, 0.2) is 6.07 Å². The van der Waals surface area contributed by atoms with Gasteiger partial charge in [0, 0.05) is 19.2 Å². The maximum Gasteiger partial charge on any atom is 0.309 e. The zero-order chi connectivity index (χ0) is 18.6. The third kappa shape index (κ3) is 4.40. The van der Waals surface area contributed by atoms with Crippen LogP contribution in [-0.2, 0) is 14.3 Å². The summed E-state index contributed by atoms with van der Waals surface area (Å²) in [6, 6.07) is 0.0551. The minimum absolute atomic E-state index is 0.0551. The van der Waals surface area contributed by atoms with E-state index in [0.29, 0.717) is 12.8 Å². The second kappa shape index (κ2) is 8.17. The molecule has 25 heavy (non-hydrogen) atoms. The van der Waals surface area contributed by atoms with Crippen molar-refractivity contribution in [2.75, 3.05) is 26.3 Å². The number of carbonyl (C=O) groups excluding carboxylic acids is 2. The first-order valence-corrected chi connectivity index (χ1v) is 7.75. The fourth-order valence-corrected chi connectivity index (χ4v) is 2.53. The predicted molar refractivity (Wildman–Crippen MR) is 77.7 cm³/mol. The molecule has 1 aromatic carbocycles. The standard InChI is InChI=1S/C16H17F4NO4/c1-2-24-16(23)9-3-5-21(6-4-9)12(22)8-25-15-13(19)10(17)7-11(18)14(15)20/h7,9H,2-6,8H2,1H3. The van der Waals surface area contributed by atoms with Crippen LogP contribution in [0.3, 0.4) is 0 Å². The van der Waals surface area contributed by atoms with Gasteiger partial charge in [-0.1, -0.05) is 0 Å². The summed E-state index contributed by atoms with van der Waals surface area (Å²) in [4.78, 5) is 25.0. The van der Waals surface area contributed by atoms with Crippen molar-refractivity contribution in [2.24, 2.45) is 5.92 Å². The molecule has 1 saturated heterocycles. The van der Waals surface area contributed by atoms with Crippen molar-refractivity contribution in [3.63, 3.8) is 0 Å². The summed E-state index contributed by atoms with van der Waals surface area (Å²) in [6.45, 7) is 1.68. The van der Waals surface area contributed by atoms with Crippen molar-refractivity contribution in [3.8, 4) is 5.75 Å². The quantitative estimate of drug-likeness (QED) is 0.458. The van der Waals surface area contributed by atoms with E-state index in [1.54, 1.807) is 6.92 Å². The van der Waals surface area contributed by atoms with Crippen molar-refractivity contribution in [3.05, 3.63) is 29.3 Å². The molecule has 1 fully saturated rings. The van der Waals surface area contributed by atoms with Crippen LogP contribution in [0.2, 0.25) is 0 Å². The number of esters is 1. The Hall–Kier alpha value is -2.32. The van der Waals surface area contributed by atoms with Crippen LogP contribution in [-0.4, -0.2) is 43.1 Å². The third-order valence-electron chi connectivity index (χ3n) is 3.88. The summed E-state index contributed by atoms with van der Waals surface area (Å²) in [7, 11) is 0. The van der Waals surface area contributed by atoms with Gasteiger partial charge in [0.2, 0.25) is 11.6 Å². The van der Waals surface area contributed by atoms with E-state index in [1.807, 2.05) is 0 Å². The summed E-state index contributed by atoms with van der Waals surface area (Å²) in [5.74, 6) is -9.14. The van der Waals surface area contributed by atoms with Gasteiger partial charge < -0.3 is 14.4 Å². The Morgan fingerprint density at radius 3 is 2.20 bits per heavy atom. The van der Waals surface area contributed by atoms with Crippen LogP contribution >= 0.6 is 0 Å². The van der Waals surface area contributed by atoms with Gasteiger partial charge >= 0.3 is 5.97 Å². The van der Waals surface area contributed by atoms with Crippen LogP contribution in [0.1, 0.15) is 19.8 Å². The van der Waals surface area contributed by atoms with Gasteiger partial charge in [0.15, 0.2) is 24.0 Å². The molecule has 0 N–H and O–H groups in total. The number of hydrogen-bond acceptors (Lipinski definition) is 4. The molecule has 9 heteroatoms. The van der Waals surface area contributed by atoms with Crippen molar-refractivity contribution in [1.29, 1.82) is 0 Å². The molecule has 0 radical (unpaired) electrons. The van der Waals surface area contributed by atoms with Gasteiger partial charge in [-0.15, -0.1) is 0 Å². The summed E-state index contributed by atoms with van der Waals surface area (Å²) in [5, 5.41) is 0.